The molecule has 0 saturated carbocycles. The lowest BCUT2D eigenvalue weighted by Crippen LogP contribution is -2.58. The van der Waals surface area contributed by atoms with E-state index in [2.05, 4.69) is 9.71 Å². The van der Waals surface area contributed by atoms with Crippen LogP contribution in [0.5, 0.6) is 0 Å². The van der Waals surface area contributed by atoms with E-state index in [-0.39, 0.29) is 5.56 Å². The molecule has 2 rings (SSSR count). The highest BCUT2D eigenvalue weighted by atomic mass is 32.2. The van der Waals surface area contributed by atoms with E-state index < -0.39 is 56.9 Å². The molecule has 2 atom stereocenters. The minimum absolute atomic E-state index is 0.252. The average Bonchev–Trinajstić information content (AvgIpc) is 2.60. The lowest BCUT2D eigenvalue weighted by Gasteiger charge is -2.38. The number of pyridine rings is 1. The third-order valence-electron chi connectivity index (χ3n) is 3.97. The molecule has 2 N–H and O–H groups in total. The number of alkyl halides is 3. The van der Waals surface area contributed by atoms with Crippen LogP contribution in [0, 0.1) is 11.6 Å². The maximum absolute atomic E-state index is 14.4. The molecular formula is C18H19F5N2O2S. The van der Waals surface area contributed by atoms with E-state index in [1.165, 1.54) is 26.8 Å². The van der Waals surface area contributed by atoms with Gasteiger partial charge in [-0.05, 0) is 50.1 Å². The number of halogens is 5. The predicted molar refractivity (Wildman–Crippen MR) is 94.4 cm³/mol. The van der Waals surface area contributed by atoms with Crippen LogP contribution in [-0.2, 0) is 23.1 Å². The highest BCUT2D eigenvalue weighted by Gasteiger charge is 2.60. The normalized spacial score (nSPS) is 15.9. The van der Waals surface area contributed by atoms with Gasteiger partial charge in [-0.25, -0.2) is 17.7 Å². The second-order valence-electron chi connectivity index (χ2n) is 7.07. The number of hydrogen-bond donors (Lipinski definition) is 2. The Labute approximate surface area is 161 Å². The van der Waals surface area contributed by atoms with Gasteiger partial charge in [0.1, 0.15) is 0 Å². The van der Waals surface area contributed by atoms with Gasteiger partial charge in [-0.1, -0.05) is 12.1 Å². The third kappa shape index (κ3) is 4.23. The summed E-state index contributed by atoms with van der Waals surface area (Å²) in [5.41, 5.74) is -4.25. The zero-order valence-corrected chi connectivity index (χ0v) is 16.1. The summed E-state index contributed by atoms with van der Waals surface area (Å²) in [5, 5.41) is 9.11. The Balaban J connectivity index is 2.82. The minimum atomic E-state index is -5.12. The molecule has 0 amide bonds. The van der Waals surface area contributed by atoms with Crippen molar-refractivity contribution < 1.29 is 31.3 Å². The molecular weight excluding hydrogens is 403 g/mol. The molecule has 28 heavy (non-hydrogen) atoms. The quantitative estimate of drug-likeness (QED) is 0.723. The SMILES string of the molecule is CC(C)(C)S(=O)NC(c1ccc(F)c(F)c1)(c1ccc(CO)cn1)C(F)(F)F. The first kappa shape index (κ1) is 22.4. The number of aliphatic hydroxyl groups is 1. The van der Waals surface area contributed by atoms with Crippen LogP contribution in [0.1, 0.15) is 37.6 Å². The van der Waals surface area contributed by atoms with Crippen molar-refractivity contribution in [3.05, 3.63) is 65.0 Å². The molecule has 0 aliphatic rings. The van der Waals surface area contributed by atoms with Gasteiger partial charge < -0.3 is 5.11 Å². The Bertz CT molecular complexity index is 866. The first-order chi connectivity index (χ1) is 12.8. The Kier molecular flexibility index (Phi) is 6.27. The van der Waals surface area contributed by atoms with Crippen molar-refractivity contribution in [2.24, 2.45) is 0 Å². The van der Waals surface area contributed by atoms with E-state index in [0.717, 1.165) is 18.3 Å². The zero-order chi connectivity index (χ0) is 21.3. The van der Waals surface area contributed by atoms with Crippen molar-refractivity contribution in [3.63, 3.8) is 0 Å². The van der Waals surface area contributed by atoms with Crippen LogP contribution in [0.2, 0.25) is 0 Å². The van der Waals surface area contributed by atoms with E-state index in [1.54, 1.807) is 0 Å². The van der Waals surface area contributed by atoms with Crippen LogP contribution in [0.15, 0.2) is 36.5 Å². The fourth-order valence-electron chi connectivity index (χ4n) is 2.39. The van der Waals surface area contributed by atoms with Gasteiger partial charge >= 0.3 is 6.18 Å². The van der Waals surface area contributed by atoms with Crippen LogP contribution in [-0.4, -0.2) is 25.2 Å². The second-order valence-corrected chi connectivity index (χ2v) is 9.04. The Morgan fingerprint density at radius 3 is 2.14 bits per heavy atom. The van der Waals surface area contributed by atoms with E-state index in [0.29, 0.717) is 12.1 Å². The van der Waals surface area contributed by atoms with Crippen molar-refractivity contribution in [3.8, 4) is 0 Å². The van der Waals surface area contributed by atoms with E-state index >= 15 is 0 Å². The molecule has 10 heteroatoms. The van der Waals surface area contributed by atoms with E-state index in [1.807, 2.05) is 0 Å². The molecule has 2 unspecified atom stereocenters. The topological polar surface area (TPSA) is 62.2 Å². The minimum Gasteiger partial charge on any atom is -0.392 e. The molecule has 0 radical (unpaired) electrons. The summed E-state index contributed by atoms with van der Waals surface area (Å²) < 4.78 is 84.0. The van der Waals surface area contributed by atoms with Gasteiger partial charge in [-0.3, -0.25) is 4.98 Å². The molecule has 0 saturated heterocycles. The van der Waals surface area contributed by atoms with Crippen molar-refractivity contribution >= 4 is 11.0 Å². The zero-order valence-electron chi connectivity index (χ0n) is 15.3. The summed E-state index contributed by atoms with van der Waals surface area (Å²) in [5.74, 6) is -2.80. The molecule has 154 valence electrons. The third-order valence-corrected chi connectivity index (χ3v) is 5.58. The summed E-state index contributed by atoms with van der Waals surface area (Å²) in [6, 6.07) is 3.93. The van der Waals surface area contributed by atoms with E-state index in [4.69, 9.17) is 5.11 Å². The summed E-state index contributed by atoms with van der Waals surface area (Å²) >= 11 is 0. The number of aromatic nitrogens is 1. The van der Waals surface area contributed by atoms with Crippen LogP contribution in [0.25, 0.3) is 0 Å². The molecule has 0 aliphatic carbocycles. The Morgan fingerprint density at radius 2 is 1.71 bits per heavy atom. The van der Waals surface area contributed by atoms with Crippen LogP contribution in [0.3, 0.4) is 0 Å². The molecule has 2 aromatic rings. The summed E-state index contributed by atoms with van der Waals surface area (Å²) in [4.78, 5) is 3.76. The Hall–Kier alpha value is -1.91. The first-order valence-electron chi connectivity index (χ1n) is 8.11. The predicted octanol–water partition coefficient (Wildman–Crippen LogP) is 3.71. The van der Waals surface area contributed by atoms with Crippen LogP contribution >= 0.6 is 0 Å². The number of hydrogen-bond acceptors (Lipinski definition) is 3. The molecule has 0 fully saturated rings. The largest absolute Gasteiger partial charge is 0.417 e. The lowest BCUT2D eigenvalue weighted by molar-refractivity contribution is -0.182. The van der Waals surface area contributed by atoms with Crippen molar-refractivity contribution in [2.45, 2.75) is 43.8 Å². The summed E-state index contributed by atoms with van der Waals surface area (Å²) in [7, 11) is -2.25. The van der Waals surface area contributed by atoms with Gasteiger partial charge in [0.05, 0.1) is 28.0 Å². The Morgan fingerprint density at radius 1 is 1.07 bits per heavy atom. The second kappa shape index (κ2) is 7.84. The number of benzene rings is 1. The maximum Gasteiger partial charge on any atom is 0.417 e. The van der Waals surface area contributed by atoms with Gasteiger partial charge in [0.15, 0.2) is 17.2 Å². The number of nitrogens with one attached hydrogen (secondary N) is 1. The molecule has 4 nitrogen and oxygen atoms in total. The molecule has 0 spiro atoms. The summed E-state index contributed by atoms with van der Waals surface area (Å²) in [6.07, 6.45) is -4.09. The highest BCUT2D eigenvalue weighted by molar-refractivity contribution is 7.84. The van der Waals surface area contributed by atoms with Gasteiger partial charge in [-0.2, -0.15) is 13.2 Å². The van der Waals surface area contributed by atoms with Gasteiger partial charge in [-0.15, -0.1) is 0 Å². The number of nitrogens with zero attached hydrogens (tertiary/aromatic N) is 1. The monoisotopic (exact) mass is 422 g/mol. The fraction of sp³-hybridized carbons (Fsp3) is 0.389. The van der Waals surface area contributed by atoms with E-state index in [9.17, 15) is 26.2 Å². The maximum atomic E-state index is 14.4. The lowest BCUT2D eigenvalue weighted by atomic mass is 9.86. The standard InChI is InChI=1S/C18H19F5N2O2S/c1-16(2,3)28(27)25-17(18(21,22)23,12-5-6-13(19)14(20)8-12)15-7-4-11(10-26)9-24-15/h4-9,25-26H,10H2,1-3H3. The molecule has 0 bridgehead atoms. The van der Waals surface area contributed by atoms with Crippen LogP contribution in [0.4, 0.5) is 22.0 Å². The molecule has 1 heterocycles. The van der Waals surface area contributed by atoms with Crippen LogP contribution < -0.4 is 4.72 Å². The number of aliphatic hydroxyl groups excluding tert-OH is 1. The number of rotatable bonds is 5. The first-order valence-corrected chi connectivity index (χ1v) is 9.26. The molecule has 1 aromatic carbocycles. The highest BCUT2D eigenvalue weighted by Crippen LogP contribution is 2.44. The molecule has 1 aromatic heterocycles. The summed E-state index contributed by atoms with van der Waals surface area (Å²) in [6.45, 7) is 3.94. The van der Waals surface area contributed by atoms with Gasteiger partial charge in [0.2, 0.25) is 0 Å². The van der Waals surface area contributed by atoms with Crippen molar-refractivity contribution in [1.82, 2.24) is 9.71 Å². The molecule has 0 aliphatic heterocycles. The van der Waals surface area contributed by atoms with Gasteiger partial charge in [0.25, 0.3) is 0 Å². The average molecular weight is 422 g/mol. The van der Waals surface area contributed by atoms with Crippen molar-refractivity contribution in [1.29, 1.82) is 0 Å². The van der Waals surface area contributed by atoms with Gasteiger partial charge in [0, 0.05) is 6.20 Å². The fourth-order valence-corrected chi connectivity index (χ4v) is 3.31. The smallest absolute Gasteiger partial charge is 0.392 e. The van der Waals surface area contributed by atoms with Crippen molar-refractivity contribution in [2.75, 3.05) is 0 Å².